The second-order valence-electron chi connectivity index (χ2n) is 4.02. The molecule has 3 nitrogen and oxygen atoms in total. The van der Waals surface area contributed by atoms with Crippen LogP contribution in [0.4, 0.5) is 0 Å². The van der Waals surface area contributed by atoms with Crippen molar-refractivity contribution in [2.75, 3.05) is 7.11 Å². The maximum Gasteiger partial charge on any atom is 0.176 e. The molecule has 0 amide bonds. The van der Waals surface area contributed by atoms with Crippen LogP contribution < -0.4 is 4.74 Å². The lowest BCUT2D eigenvalue weighted by Crippen LogP contribution is -1.94. The number of nitrogens with one attached hydrogen (secondary N) is 1. The number of aromatic amines is 1. The highest BCUT2D eigenvalue weighted by atomic mass is 16.5. The van der Waals surface area contributed by atoms with Crippen LogP contribution >= 0.6 is 0 Å². The molecule has 0 aliphatic carbocycles. The van der Waals surface area contributed by atoms with Gasteiger partial charge in [0.1, 0.15) is 5.75 Å². The average molecular weight is 217 g/mol. The molecular weight excluding hydrogens is 202 g/mol. The molecule has 2 rings (SSSR count). The van der Waals surface area contributed by atoms with E-state index >= 15 is 0 Å². The summed E-state index contributed by atoms with van der Waals surface area (Å²) in [5.41, 5.74) is 3.73. The zero-order valence-corrected chi connectivity index (χ0v) is 9.97. The molecule has 0 saturated heterocycles. The third-order valence-corrected chi connectivity index (χ3v) is 2.95. The van der Waals surface area contributed by atoms with Gasteiger partial charge in [-0.1, -0.05) is 6.07 Å². The molecular formula is C13H15NO2. The van der Waals surface area contributed by atoms with Gasteiger partial charge in [-0.05, 0) is 31.0 Å². The summed E-state index contributed by atoms with van der Waals surface area (Å²) in [5.74, 6) is 0.825. The first kappa shape index (κ1) is 10.7. The quantitative estimate of drug-likeness (QED) is 0.786. The molecule has 0 fully saturated rings. The van der Waals surface area contributed by atoms with Crippen molar-refractivity contribution in [1.29, 1.82) is 0 Å². The highest BCUT2D eigenvalue weighted by molar-refractivity contribution is 6.03. The minimum absolute atomic E-state index is 0.0511. The summed E-state index contributed by atoms with van der Waals surface area (Å²) in [5, 5.41) is 1.09. The number of carbonyl (C=O) groups excluding carboxylic acids is 1. The number of Topliss-reactive ketones (excluding diaryl/α,β-unsaturated/α-hetero) is 1. The first-order valence-electron chi connectivity index (χ1n) is 5.23. The fourth-order valence-corrected chi connectivity index (χ4v) is 2.16. The molecule has 0 aliphatic heterocycles. The van der Waals surface area contributed by atoms with Crippen LogP contribution in [0.5, 0.6) is 5.75 Å². The maximum atomic E-state index is 11.5. The van der Waals surface area contributed by atoms with E-state index in [0.717, 1.165) is 27.8 Å². The molecule has 0 atom stereocenters. The Labute approximate surface area is 94.4 Å². The van der Waals surface area contributed by atoms with Gasteiger partial charge in [0, 0.05) is 12.3 Å². The second-order valence-corrected chi connectivity index (χ2v) is 4.02. The topological polar surface area (TPSA) is 42.1 Å². The fraction of sp³-hybridized carbons (Fsp3) is 0.308. The SMILES string of the molecule is COc1ccc(C)c2c(C)c(C(C)=O)[nH]c12. The van der Waals surface area contributed by atoms with Crippen LogP contribution in [0.1, 0.15) is 28.5 Å². The number of methoxy groups -OCH3 is 1. The summed E-state index contributed by atoms with van der Waals surface area (Å²) >= 11 is 0. The summed E-state index contributed by atoms with van der Waals surface area (Å²) < 4.78 is 5.29. The Balaban J connectivity index is 2.89. The predicted molar refractivity (Wildman–Crippen MR) is 64.3 cm³/mol. The summed E-state index contributed by atoms with van der Waals surface area (Å²) in [4.78, 5) is 14.6. The first-order valence-corrected chi connectivity index (χ1v) is 5.23. The van der Waals surface area contributed by atoms with Crippen LogP contribution in [0.2, 0.25) is 0 Å². The van der Waals surface area contributed by atoms with E-state index < -0.39 is 0 Å². The smallest absolute Gasteiger partial charge is 0.176 e. The van der Waals surface area contributed by atoms with Crippen LogP contribution in [-0.2, 0) is 0 Å². The molecule has 2 aromatic rings. The van der Waals surface area contributed by atoms with Gasteiger partial charge in [0.05, 0.1) is 18.3 Å². The fourth-order valence-electron chi connectivity index (χ4n) is 2.16. The van der Waals surface area contributed by atoms with Crippen LogP contribution in [-0.4, -0.2) is 17.9 Å². The van der Waals surface area contributed by atoms with Crippen molar-refractivity contribution in [3.05, 3.63) is 29.0 Å². The van der Waals surface area contributed by atoms with Crippen molar-refractivity contribution >= 4 is 16.7 Å². The van der Waals surface area contributed by atoms with Gasteiger partial charge < -0.3 is 9.72 Å². The first-order chi connectivity index (χ1) is 7.56. The number of aromatic nitrogens is 1. The highest BCUT2D eigenvalue weighted by Crippen LogP contribution is 2.32. The van der Waals surface area contributed by atoms with Gasteiger partial charge in [-0.25, -0.2) is 0 Å². The normalized spacial score (nSPS) is 10.8. The van der Waals surface area contributed by atoms with Crippen molar-refractivity contribution < 1.29 is 9.53 Å². The average Bonchev–Trinajstić information content (AvgIpc) is 2.58. The Bertz CT molecular complexity index is 567. The number of aryl methyl sites for hydroxylation is 2. The second kappa shape index (κ2) is 3.67. The predicted octanol–water partition coefficient (Wildman–Crippen LogP) is 3.00. The van der Waals surface area contributed by atoms with Crippen LogP contribution in [0.15, 0.2) is 12.1 Å². The molecule has 1 aromatic heterocycles. The van der Waals surface area contributed by atoms with Gasteiger partial charge in [-0.2, -0.15) is 0 Å². The number of ether oxygens (including phenoxy) is 1. The van der Waals surface area contributed by atoms with Crippen molar-refractivity contribution in [2.24, 2.45) is 0 Å². The van der Waals surface area contributed by atoms with Gasteiger partial charge >= 0.3 is 0 Å². The van der Waals surface area contributed by atoms with Crippen molar-refractivity contribution in [2.45, 2.75) is 20.8 Å². The Hall–Kier alpha value is -1.77. The number of H-pyrrole nitrogens is 1. The van der Waals surface area contributed by atoms with Crippen molar-refractivity contribution in [1.82, 2.24) is 4.98 Å². The van der Waals surface area contributed by atoms with Gasteiger partial charge in [-0.15, -0.1) is 0 Å². The summed E-state index contributed by atoms with van der Waals surface area (Å²) in [6.07, 6.45) is 0. The standard InChI is InChI=1S/C13H15NO2/c1-7-5-6-10(16-4)13-11(7)8(2)12(14-13)9(3)15/h5-6,14H,1-4H3. The van der Waals surface area contributed by atoms with E-state index in [9.17, 15) is 4.79 Å². The van der Waals surface area contributed by atoms with E-state index in [1.165, 1.54) is 0 Å². The number of fused-ring (bicyclic) bond motifs is 1. The Morgan fingerprint density at radius 1 is 1.31 bits per heavy atom. The summed E-state index contributed by atoms with van der Waals surface area (Å²) in [6, 6.07) is 3.92. The minimum atomic E-state index is 0.0511. The zero-order valence-electron chi connectivity index (χ0n) is 9.97. The largest absolute Gasteiger partial charge is 0.495 e. The van der Waals surface area contributed by atoms with E-state index in [1.807, 2.05) is 26.0 Å². The summed E-state index contributed by atoms with van der Waals surface area (Å²) in [7, 11) is 1.63. The van der Waals surface area contributed by atoms with E-state index in [1.54, 1.807) is 14.0 Å². The lowest BCUT2D eigenvalue weighted by Gasteiger charge is -2.03. The third kappa shape index (κ3) is 1.40. The number of ketones is 1. The summed E-state index contributed by atoms with van der Waals surface area (Å²) in [6.45, 7) is 5.56. The van der Waals surface area contributed by atoms with Gasteiger partial charge in [-0.3, -0.25) is 4.79 Å². The molecule has 16 heavy (non-hydrogen) atoms. The van der Waals surface area contributed by atoms with Gasteiger partial charge in [0.2, 0.25) is 0 Å². The van der Waals surface area contributed by atoms with Crippen LogP contribution in [0, 0.1) is 13.8 Å². The molecule has 1 aromatic carbocycles. The molecule has 0 saturated carbocycles. The molecule has 1 N–H and O–H groups in total. The molecule has 0 spiro atoms. The molecule has 3 heteroatoms. The van der Waals surface area contributed by atoms with E-state index in [4.69, 9.17) is 4.74 Å². The van der Waals surface area contributed by atoms with E-state index in [-0.39, 0.29) is 5.78 Å². The third-order valence-electron chi connectivity index (χ3n) is 2.95. The molecule has 84 valence electrons. The van der Waals surface area contributed by atoms with Gasteiger partial charge in [0.15, 0.2) is 5.78 Å². The Morgan fingerprint density at radius 3 is 2.56 bits per heavy atom. The highest BCUT2D eigenvalue weighted by Gasteiger charge is 2.15. The molecule has 0 radical (unpaired) electrons. The van der Waals surface area contributed by atoms with E-state index in [0.29, 0.717) is 5.69 Å². The van der Waals surface area contributed by atoms with Crippen molar-refractivity contribution in [3.63, 3.8) is 0 Å². The number of rotatable bonds is 2. The lowest BCUT2D eigenvalue weighted by atomic mass is 10.1. The van der Waals surface area contributed by atoms with Gasteiger partial charge in [0.25, 0.3) is 0 Å². The number of benzene rings is 1. The number of hydrogen-bond donors (Lipinski definition) is 1. The minimum Gasteiger partial charge on any atom is -0.495 e. The monoisotopic (exact) mass is 217 g/mol. The van der Waals surface area contributed by atoms with Crippen LogP contribution in [0.25, 0.3) is 10.9 Å². The Morgan fingerprint density at radius 2 is 2.00 bits per heavy atom. The van der Waals surface area contributed by atoms with Crippen molar-refractivity contribution in [3.8, 4) is 5.75 Å². The van der Waals surface area contributed by atoms with E-state index in [2.05, 4.69) is 4.98 Å². The van der Waals surface area contributed by atoms with Crippen LogP contribution in [0.3, 0.4) is 0 Å². The molecule has 0 bridgehead atoms. The molecule has 0 unspecified atom stereocenters. The zero-order chi connectivity index (χ0) is 11.9. The lowest BCUT2D eigenvalue weighted by molar-refractivity contribution is 0.101. The Kier molecular flexibility index (Phi) is 2.46. The molecule has 1 heterocycles. The number of carbonyl (C=O) groups is 1. The maximum absolute atomic E-state index is 11.5. The number of hydrogen-bond acceptors (Lipinski definition) is 2. The molecule has 0 aliphatic rings.